The van der Waals surface area contributed by atoms with E-state index in [-0.39, 0.29) is 5.25 Å². The van der Waals surface area contributed by atoms with E-state index >= 15 is 0 Å². The summed E-state index contributed by atoms with van der Waals surface area (Å²) in [5.41, 5.74) is 1.23. The molecular weight excluding hydrogens is 192 g/mol. The van der Waals surface area contributed by atoms with Crippen molar-refractivity contribution in [3.05, 3.63) is 29.8 Å². The Balaban J connectivity index is 2.55. The minimum atomic E-state index is 0.286. The monoisotopic (exact) mass is 210 g/mol. The first kappa shape index (κ1) is 11.4. The van der Waals surface area contributed by atoms with Crippen LogP contribution in [-0.4, -0.2) is 6.61 Å². The van der Waals surface area contributed by atoms with Crippen molar-refractivity contribution in [2.45, 2.75) is 26.0 Å². The van der Waals surface area contributed by atoms with E-state index in [1.165, 1.54) is 5.56 Å². The smallest absolute Gasteiger partial charge is 0.119 e. The molecule has 1 atom stereocenters. The molecule has 0 aliphatic rings. The fourth-order valence-electron chi connectivity index (χ4n) is 1.11. The Morgan fingerprint density at radius 1 is 1.14 bits per heavy atom. The highest BCUT2D eigenvalue weighted by molar-refractivity contribution is 7.80. The summed E-state index contributed by atoms with van der Waals surface area (Å²) < 4.78 is 5.58. The SMILES string of the molecule is CC(C)COc1ccc(C(C)S)cc1. The number of rotatable bonds is 4. The van der Waals surface area contributed by atoms with Crippen molar-refractivity contribution in [3.63, 3.8) is 0 Å². The number of thiol groups is 1. The Morgan fingerprint density at radius 3 is 2.14 bits per heavy atom. The van der Waals surface area contributed by atoms with Gasteiger partial charge in [0.15, 0.2) is 0 Å². The van der Waals surface area contributed by atoms with E-state index in [2.05, 4.69) is 45.5 Å². The second-order valence-corrected chi connectivity index (χ2v) is 4.72. The van der Waals surface area contributed by atoms with Gasteiger partial charge in [0, 0.05) is 5.25 Å². The van der Waals surface area contributed by atoms with E-state index in [0.29, 0.717) is 5.92 Å². The average Bonchev–Trinajstić information content (AvgIpc) is 2.15. The van der Waals surface area contributed by atoms with Crippen LogP contribution in [0.5, 0.6) is 5.75 Å². The third kappa shape index (κ3) is 3.62. The Bertz CT molecular complexity index is 264. The molecule has 1 rings (SSSR count). The lowest BCUT2D eigenvalue weighted by Crippen LogP contribution is -2.04. The standard InChI is InChI=1S/C12H18OS/c1-9(2)8-13-12-6-4-11(5-7-12)10(3)14/h4-7,9-10,14H,8H2,1-3H3. The molecule has 1 aromatic carbocycles. The second kappa shape index (κ2) is 5.30. The van der Waals surface area contributed by atoms with E-state index in [9.17, 15) is 0 Å². The van der Waals surface area contributed by atoms with Gasteiger partial charge in [-0.15, -0.1) is 0 Å². The molecule has 0 amide bonds. The van der Waals surface area contributed by atoms with Gasteiger partial charge in [0.05, 0.1) is 6.61 Å². The molecule has 0 heterocycles. The van der Waals surface area contributed by atoms with E-state index < -0.39 is 0 Å². The van der Waals surface area contributed by atoms with Gasteiger partial charge in [-0.2, -0.15) is 12.6 Å². The normalized spacial score (nSPS) is 12.9. The van der Waals surface area contributed by atoms with Crippen LogP contribution in [0.1, 0.15) is 31.6 Å². The third-order valence-corrected chi connectivity index (χ3v) is 2.24. The molecule has 0 aliphatic carbocycles. The lowest BCUT2D eigenvalue weighted by atomic mass is 10.1. The number of hydrogen-bond acceptors (Lipinski definition) is 2. The van der Waals surface area contributed by atoms with E-state index in [1.807, 2.05) is 12.1 Å². The van der Waals surface area contributed by atoms with Crippen molar-refractivity contribution in [1.82, 2.24) is 0 Å². The van der Waals surface area contributed by atoms with Crippen molar-refractivity contribution >= 4 is 12.6 Å². The minimum absolute atomic E-state index is 0.286. The fraction of sp³-hybridized carbons (Fsp3) is 0.500. The first-order chi connectivity index (χ1) is 6.59. The zero-order valence-electron chi connectivity index (χ0n) is 9.03. The topological polar surface area (TPSA) is 9.23 Å². The number of ether oxygens (including phenoxy) is 1. The van der Waals surface area contributed by atoms with Gasteiger partial charge in [0.1, 0.15) is 5.75 Å². The summed E-state index contributed by atoms with van der Waals surface area (Å²) in [6, 6.07) is 8.13. The lowest BCUT2D eigenvalue weighted by molar-refractivity contribution is 0.271. The van der Waals surface area contributed by atoms with Crippen LogP contribution >= 0.6 is 12.6 Å². The van der Waals surface area contributed by atoms with Gasteiger partial charge >= 0.3 is 0 Å². The van der Waals surface area contributed by atoms with Gasteiger partial charge in [-0.3, -0.25) is 0 Å². The molecule has 1 nitrogen and oxygen atoms in total. The van der Waals surface area contributed by atoms with Gasteiger partial charge in [-0.1, -0.05) is 26.0 Å². The van der Waals surface area contributed by atoms with Crippen LogP contribution in [0, 0.1) is 5.92 Å². The summed E-state index contributed by atoms with van der Waals surface area (Å²) >= 11 is 4.37. The van der Waals surface area contributed by atoms with Crippen LogP contribution in [-0.2, 0) is 0 Å². The third-order valence-electron chi connectivity index (χ3n) is 1.95. The quantitative estimate of drug-likeness (QED) is 0.745. The maximum Gasteiger partial charge on any atom is 0.119 e. The van der Waals surface area contributed by atoms with Crippen LogP contribution in [0.3, 0.4) is 0 Å². The molecule has 0 saturated heterocycles. The molecule has 2 heteroatoms. The van der Waals surface area contributed by atoms with Gasteiger partial charge in [0.2, 0.25) is 0 Å². The van der Waals surface area contributed by atoms with Gasteiger partial charge < -0.3 is 4.74 Å². The molecular formula is C12H18OS. The highest BCUT2D eigenvalue weighted by Crippen LogP contribution is 2.21. The van der Waals surface area contributed by atoms with Crippen LogP contribution in [0.25, 0.3) is 0 Å². The Hall–Kier alpha value is -0.630. The summed E-state index contributed by atoms with van der Waals surface area (Å²) in [4.78, 5) is 0. The molecule has 14 heavy (non-hydrogen) atoms. The average molecular weight is 210 g/mol. The molecule has 0 fully saturated rings. The van der Waals surface area contributed by atoms with Gasteiger partial charge in [-0.05, 0) is 30.5 Å². The Kier molecular flexibility index (Phi) is 4.33. The van der Waals surface area contributed by atoms with Crippen molar-refractivity contribution in [2.24, 2.45) is 5.92 Å². The molecule has 0 spiro atoms. The van der Waals surface area contributed by atoms with E-state index in [4.69, 9.17) is 4.74 Å². The first-order valence-electron chi connectivity index (χ1n) is 5.00. The molecule has 0 aliphatic heterocycles. The fourth-order valence-corrected chi connectivity index (χ4v) is 1.28. The van der Waals surface area contributed by atoms with Crippen molar-refractivity contribution < 1.29 is 4.74 Å². The van der Waals surface area contributed by atoms with Crippen LogP contribution < -0.4 is 4.74 Å². The zero-order chi connectivity index (χ0) is 10.6. The number of benzene rings is 1. The summed E-state index contributed by atoms with van der Waals surface area (Å²) in [7, 11) is 0. The van der Waals surface area contributed by atoms with Crippen molar-refractivity contribution in [3.8, 4) is 5.75 Å². The van der Waals surface area contributed by atoms with Crippen LogP contribution in [0.15, 0.2) is 24.3 Å². The van der Waals surface area contributed by atoms with Crippen molar-refractivity contribution in [1.29, 1.82) is 0 Å². The summed E-state index contributed by atoms with van der Waals surface area (Å²) in [5.74, 6) is 1.51. The van der Waals surface area contributed by atoms with Crippen molar-refractivity contribution in [2.75, 3.05) is 6.61 Å². The maximum atomic E-state index is 5.58. The van der Waals surface area contributed by atoms with Crippen LogP contribution in [0.2, 0.25) is 0 Å². The first-order valence-corrected chi connectivity index (χ1v) is 5.52. The molecule has 0 radical (unpaired) electrons. The Morgan fingerprint density at radius 2 is 1.71 bits per heavy atom. The molecule has 0 saturated carbocycles. The predicted octanol–water partition coefficient (Wildman–Crippen LogP) is 3.71. The van der Waals surface area contributed by atoms with Gasteiger partial charge in [-0.25, -0.2) is 0 Å². The number of hydrogen-bond donors (Lipinski definition) is 1. The predicted molar refractivity (Wildman–Crippen MR) is 64.2 cm³/mol. The Labute approximate surface area is 91.9 Å². The second-order valence-electron chi connectivity index (χ2n) is 3.95. The molecule has 0 N–H and O–H groups in total. The zero-order valence-corrected chi connectivity index (χ0v) is 9.92. The molecule has 78 valence electrons. The molecule has 0 bridgehead atoms. The lowest BCUT2D eigenvalue weighted by Gasteiger charge is -2.10. The largest absolute Gasteiger partial charge is 0.493 e. The molecule has 1 unspecified atom stereocenters. The highest BCUT2D eigenvalue weighted by atomic mass is 32.1. The minimum Gasteiger partial charge on any atom is -0.493 e. The molecule has 1 aromatic rings. The summed E-state index contributed by atoms with van der Waals surface area (Å²) in [6.45, 7) is 7.12. The highest BCUT2D eigenvalue weighted by Gasteiger charge is 2.00. The maximum absolute atomic E-state index is 5.58. The van der Waals surface area contributed by atoms with Crippen LogP contribution in [0.4, 0.5) is 0 Å². The van der Waals surface area contributed by atoms with E-state index in [1.54, 1.807) is 0 Å². The van der Waals surface area contributed by atoms with E-state index in [0.717, 1.165) is 12.4 Å². The van der Waals surface area contributed by atoms with Gasteiger partial charge in [0.25, 0.3) is 0 Å². The summed E-state index contributed by atoms with van der Waals surface area (Å²) in [5, 5.41) is 0.286. The summed E-state index contributed by atoms with van der Waals surface area (Å²) in [6.07, 6.45) is 0. The molecule has 0 aromatic heterocycles.